The monoisotopic (exact) mass is 304 g/mol. The first-order chi connectivity index (χ1) is 10.0. The summed E-state index contributed by atoms with van der Waals surface area (Å²) >= 11 is 0. The molecule has 0 bridgehead atoms. The van der Waals surface area contributed by atoms with Crippen molar-refractivity contribution < 1.29 is 31.8 Å². The first kappa shape index (κ1) is 16.8. The maximum Gasteiger partial charge on any atom is 1.00 e. The van der Waals surface area contributed by atoms with Crippen molar-refractivity contribution in [2.45, 2.75) is 11.3 Å². The molecule has 3 rings (SSSR count). The van der Waals surface area contributed by atoms with E-state index in [1.54, 1.807) is 12.1 Å². The largest absolute Gasteiger partial charge is 1.00 e. The van der Waals surface area contributed by atoms with Gasteiger partial charge in [0.05, 0.1) is 4.90 Å². The van der Waals surface area contributed by atoms with Crippen LogP contribution in [-0.2, 0) is 16.5 Å². The van der Waals surface area contributed by atoms with Gasteiger partial charge in [-0.2, -0.15) is 0 Å². The van der Waals surface area contributed by atoms with Crippen LogP contribution in [0.4, 0.5) is 0 Å². The van der Waals surface area contributed by atoms with Gasteiger partial charge in [0.15, 0.2) is 0 Å². The summed E-state index contributed by atoms with van der Waals surface area (Å²) in [4.78, 5) is -0.162. The molecule has 0 radical (unpaired) electrons. The van der Waals surface area contributed by atoms with Crippen LogP contribution in [0.2, 0.25) is 0 Å². The Labute approximate surface area is 141 Å². The Balaban J connectivity index is 0.00000176. The molecule has 22 heavy (non-hydrogen) atoms. The SMILES string of the molecule is C=CCc1c(S(=O)(=O)[O-])ccc2cc3ccccc3cc12.[Li+]. The third-order valence-electron chi connectivity index (χ3n) is 3.57. The van der Waals surface area contributed by atoms with Crippen molar-refractivity contribution in [3.05, 3.63) is 66.7 Å². The van der Waals surface area contributed by atoms with Gasteiger partial charge in [0.25, 0.3) is 0 Å². The molecule has 0 saturated carbocycles. The zero-order valence-corrected chi connectivity index (χ0v) is 13.1. The van der Waals surface area contributed by atoms with Crippen LogP contribution in [0, 0.1) is 0 Å². The van der Waals surface area contributed by atoms with E-state index in [4.69, 9.17) is 0 Å². The molecule has 5 heteroatoms. The molecule has 0 fully saturated rings. The minimum absolute atomic E-state index is 0. The van der Waals surface area contributed by atoms with Gasteiger partial charge >= 0.3 is 18.9 Å². The third kappa shape index (κ3) is 2.97. The molecule has 106 valence electrons. The minimum atomic E-state index is -4.50. The summed E-state index contributed by atoms with van der Waals surface area (Å²) < 4.78 is 34.3. The molecule has 3 aromatic rings. The number of rotatable bonds is 3. The Hall–Kier alpha value is -1.57. The molecular weight excluding hydrogens is 291 g/mol. The van der Waals surface area contributed by atoms with Crippen molar-refractivity contribution in [1.29, 1.82) is 0 Å². The number of hydrogen-bond acceptors (Lipinski definition) is 3. The van der Waals surface area contributed by atoms with Gasteiger partial charge in [0.2, 0.25) is 0 Å². The van der Waals surface area contributed by atoms with Crippen LogP contribution in [-0.4, -0.2) is 13.0 Å². The summed E-state index contributed by atoms with van der Waals surface area (Å²) in [6.07, 6.45) is 1.95. The smallest absolute Gasteiger partial charge is 0.744 e. The topological polar surface area (TPSA) is 57.2 Å². The first-order valence-electron chi connectivity index (χ1n) is 6.52. The molecule has 0 atom stereocenters. The van der Waals surface area contributed by atoms with Crippen molar-refractivity contribution in [2.75, 3.05) is 0 Å². The second-order valence-corrected chi connectivity index (χ2v) is 6.26. The van der Waals surface area contributed by atoms with Gasteiger partial charge in [-0.25, -0.2) is 8.42 Å². The number of allylic oxidation sites excluding steroid dienone is 1. The zero-order chi connectivity index (χ0) is 15.0. The zero-order valence-electron chi connectivity index (χ0n) is 12.2. The van der Waals surface area contributed by atoms with Crippen LogP contribution in [0.15, 0.2) is 66.1 Å². The summed E-state index contributed by atoms with van der Waals surface area (Å²) in [5.74, 6) is 0. The Morgan fingerprint density at radius 3 is 2.23 bits per heavy atom. The van der Waals surface area contributed by atoms with Gasteiger partial charge < -0.3 is 4.55 Å². The molecule has 0 N–H and O–H groups in total. The maximum atomic E-state index is 11.4. The van der Waals surface area contributed by atoms with Gasteiger partial charge in [-0.15, -0.1) is 6.58 Å². The number of fused-ring (bicyclic) bond motifs is 2. The molecular formula is C17H13LiO3S. The second kappa shape index (κ2) is 6.27. The first-order valence-corrected chi connectivity index (χ1v) is 7.93. The Kier molecular flexibility index (Phi) is 4.79. The maximum absolute atomic E-state index is 11.4. The van der Waals surface area contributed by atoms with Crippen molar-refractivity contribution in [3.8, 4) is 0 Å². The van der Waals surface area contributed by atoms with Crippen LogP contribution in [0.25, 0.3) is 21.5 Å². The fourth-order valence-electron chi connectivity index (χ4n) is 2.65. The quantitative estimate of drug-likeness (QED) is 0.309. The van der Waals surface area contributed by atoms with Gasteiger partial charge in [0.1, 0.15) is 10.1 Å². The van der Waals surface area contributed by atoms with Gasteiger partial charge in [0, 0.05) is 0 Å². The molecule has 0 unspecified atom stereocenters. The average molecular weight is 304 g/mol. The van der Waals surface area contributed by atoms with E-state index < -0.39 is 10.1 Å². The van der Waals surface area contributed by atoms with Crippen molar-refractivity contribution in [3.63, 3.8) is 0 Å². The van der Waals surface area contributed by atoms with E-state index in [1.165, 1.54) is 6.07 Å². The minimum Gasteiger partial charge on any atom is -0.744 e. The molecule has 0 heterocycles. The third-order valence-corrected chi connectivity index (χ3v) is 4.49. The standard InChI is InChI=1S/C17H14O3S.Li/c1-2-5-15-16-11-13-7-4-3-6-12(13)10-14(16)8-9-17(15)21(18,19)20;/h2-4,6-11H,1,5H2,(H,18,19,20);/q;+1/p-1. The summed E-state index contributed by atoms with van der Waals surface area (Å²) in [5.41, 5.74) is 0.517. The Morgan fingerprint density at radius 1 is 1.00 bits per heavy atom. The summed E-state index contributed by atoms with van der Waals surface area (Å²) in [5, 5.41) is 3.78. The van der Waals surface area contributed by atoms with Crippen LogP contribution in [0.3, 0.4) is 0 Å². The van der Waals surface area contributed by atoms with E-state index in [0.29, 0.717) is 12.0 Å². The van der Waals surface area contributed by atoms with Crippen molar-refractivity contribution >= 4 is 31.7 Å². The molecule has 0 aromatic heterocycles. The van der Waals surface area contributed by atoms with Crippen LogP contribution < -0.4 is 18.9 Å². The fourth-order valence-corrected chi connectivity index (χ4v) is 3.37. The van der Waals surface area contributed by atoms with E-state index in [-0.39, 0.29) is 23.8 Å². The molecule has 0 amide bonds. The molecule has 3 aromatic carbocycles. The Morgan fingerprint density at radius 2 is 1.64 bits per heavy atom. The van der Waals surface area contributed by atoms with Gasteiger partial charge in [-0.1, -0.05) is 36.4 Å². The van der Waals surface area contributed by atoms with E-state index in [1.807, 2.05) is 36.4 Å². The summed E-state index contributed by atoms with van der Waals surface area (Å²) in [6, 6.07) is 14.8. The fraction of sp³-hybridized carbons (Fsp3) is 0.0588. The van der Waals surface area contributed by atoms with Crippen molar-refractivity contribution in [2.24, 2.45) is 0 Å². The van der Waals surface area contributed by atoms with E-state index in [0.717, 1.165) is 21.5 Å². The van der Waals surface area contributed by atoms with Gasteiger partial charge in [-0.3, -0.25) is 0 Å². The van der Waals surface area contributed by atoms with Crippen LogP contribution in [0.1, 0.15) is 5.56 Å². The van der Waals surface area contributed by atoms with E-state index in [2.05, 4.69) is 6.58 Å². The molecule has 0 aliphatic heterocycles. The average Bonchev–Trinajstić information content (AvgIpc) is 2.44. The number of benzene rings is 3. The predicted octanol–water partition coefficient (Wildman–Crippen LogP) is 0.630. The normalized spacial score (nSPS) is 11.3. The predicted molar refractivity (Wildman–Crippen MR) is 83.3 cm³/mol. The molecule has 0 saturated heterocycles. The molecule has 0 spiro atoms. The van der Waals surface area contributed by atoms with E-state index >= 15 is 0 Å². The van der Waals surface area contributed by atoms with E-state index in [9.17, 15) is 13.0 Å². The summed E-state index contributed by atoms with van der Waals surface area (Å²) in [7, 11) is -4.50. The summed E-state index contributed by atoms with van der Waals surface area (Å²) in [6.45, 7) is 3.65. The van der Waals surface area contributed by atoms with Crippen LogP contribution >= 0.6 is 0 Å². The number of hydrogen-bond donors (Lipinski definition) is 0. The van der Waals surface area contributed by atoms with Crippen molar-refractivity contribution in [1.82, 2.24) is 0 Å². The molecule has 3 nitrogen and oxygen atoms in total. The Bertz CT molecular complexity index is 962. The second-order valence-electron chi connectivity index (χ2n) is 4.91. The molecule has 0 aliphatic rings. The van der Waals surface area contributed by atoms with Gasteiger partial charge in [-0.05, 0) is 51.7 Å². The van der Waals surface area contributed by atoms with Crippen LogP contribution in [0.5, 0.6) is 0 Å². The molecule has 0 aliphatic carbocycles.